The van der Waals surface area contributed by atoms with E-state index < -0.39 is 0 Å². The lowest BCUT2D eigenvalue weighted by Gasteiger charge is -2.27. The Morgan fingerprint density at radius 1 is 0.973 bits per heavy atom. The number of furan rings is 1. The molecule has 9 heteroatoms. The Morgan fingerprint density at radius 2 is 1.76 bits per heavy atom. The molecule has 3 aromatic rings. The Balaban J connectivity index is 1.53. The zero-order chi connectivity index (χ0) is 26.2. The number of rotatable bonds is 12. The number of benzene rings is 2. The SMILES string of the molecule is CCOCCCN(CC(=O)N(Cc1ccc2c(c1)OCO2)Cc1ccc(C)o1)C(=O)c1ccc(Br)cc1. The molecule has 8 nitrogen and oxygen atoms in total. The second-order valence-corrected chi connectivity index (χ2v) is 9.65. The first-order valence-corrected chi connectivity index (χ1v) is 13.1. The Labute approximate surface area is 225 Å². The van der Waals surface area contributed by atoms with Crippen LogP contribution in [-0.2, 0) is 22.6 Å². The lowest BCUT2D eigenvalue weighted by Crippen LogP contribution is -2.43. The van der Waals surface area contributed by atoms with Gasteiger partial charge in [-0.2, -0.15) is 0 Å². The van der Waals surface area contributed by atoms with Gasteiger partial charge in [0.1, 0.15) is 18.1 Å². The molecule has 0 spiro atoms. The van der Waals surface area contributed by atoms with Gasteiger partial charge in [0.2, 0.25) is 12.7 Å². The number of amides is 2. The molecule has 0 saturated carbocycles. The highest BCUT2D eigenvalue weighted by Gasteiger charge is 2.24. The molecule has 0 radical (unpaired) electrons. The molecule has 0 unspecified atom stereocenters. The number of nitrogens with zero attached hydrogens (tertiary/aromatic N) is 2. The van der Waals surface area contributed by atoms with Gasteiger partial charge in [-0.05, 0) is 74.4 Å². The molecule has 1 aromatic heterocycles. The van der Waals surface area contributed by atoms with Crippen LogP contribution in [0.25, 0.3) is 0 Å². The Morgan fingerprint density at radius 3 is 2.49 bits per heavy atom. The minimum Gasteiger partial charge on any atom is -0.464 e. The molecule has 2 heterocycles. The van der Waals surface area contributed by atoms with Crippen LogP contribution in [0, 0.1) is 6.92 Å². The molecule has 2 aromatic carbocycles. The molecule has 1 aliphatic heterocycles. The molecule has 0 atom stereocenters. The number of carbonyl (C=O) groups excluding carboxylic acids is 2. The van der Waals surface area contributed by atoms with Crippen LogP contribution in [-0.4, -0.2) is 54.7 Å². The van der Waals surface area contributed by atoms with Gasteiger partial charge in [0.15, 0.2) is 11.5 Å². The normalized spacial score (nSPS) is 12.0. The first-order chi connectivity index (χ1) is 17.9. The third-order valence-corrected chi connectivity index (χ3v) is 6.46. The number of halogens is 1. The maximum absolute atomic E-state index is 13.7. The van der Waals surface area contributed by atoms with Crippen molar-refractivity contribution in [3.05, 3.63) is 81.7 Å². The lowest BCUT2D eigenvalue weighted by atomic mass is 10.1. The largest absolute Gasteiger partial charge is 0.464 e. The highest BCUT2D eigenvalue weighted by atomic mass is 79.9. The van der Waals surface area contributed by atoms with Crippen LogP contribution in [0.3, 0.4) is 0 Å². The van der Waals surface area contributed by atoms with Crippen molar-refractivity contribution < 1.29 is 28.2 Å². The summed E-state index contributed by atoms with van der Waals surface area (Å²) < 4.78 is 23.0. The number of fused-ring (bicyclic) bond motifs is 1. The molecule has 0 fully saturated rings. The highest BCUT2D eigenvalue weighted by Crippen LogP contribution is 2.33. The van der Waals surface area contributed by atoms with Crippen molar-refractivity contribution in [1.29, 1.82) is 0 Å². The maximum Gasteiger partial charge on any atom is 0.254 e. The summed E-state index contributed by atoms with van der Waals surface area (Å²) in [7, 11) is 0. The van der Waals surface area contributed by atoms with Crippen molar-refractivity contribution in [1.82, 2.24) is 9.80 Å². The van der Waals surface area contributed by atoms with Crippen LogP contribution < -0.4 is 9.47 Å². The molecule has 0 saturated heterocycles. The van der Waals surface area contributed by atoms with Crippen LogP contribution in [0.2, 0.25) is 0 Å². The Hall–Kier alpha value is -3.30. The van der Waals surface area contributed by atoms with E-state index in [9.17, 15) is 9.59 Å². The number of ether oxygens (including phenoxy) is 3. The van der Waals surface area contributed by atoms with E-state index in [1.54, 1.807) is 21.9 Å². The summed E-state index contributed by atoms with van der Waals surface area (Å²) >= 11 is 3.41. The molecule has 0 bridgehead atoms. The van der Waals surface area contributed by atoms with E-state index in [0.717, 1.165) is 15.8 Å². The summed E-state index contributed by atoms with van der Waals surface area (Å²) in [5.41, 5.74) is 1.42. The van der Waals surface area contributed by atoms with Crippen LogP contribution in [0.4, 0.5) is 0 Å². The summed E-state index contributed by atoms with van der Waals surface area (Å²) in [4.78, 5) is 30.3. The second kappa shape index (κ2) is 12.8. The summed E-state index contributed by atoms with van der Waals surface area (Å²) in [6, 6.07) is 16.5. The fourth-order valence-corrected chi connectivity index (χ4v) is 4.31. The van der Waals surface area contributed by atoms with Gasteiger partial charge in [0.05, 0.1) is 6.54 Å². The van der Waals surface area contributed by atoms with Gasteiger partial charge in [-0.1, -0.05) is 22.0 Å². The Kier molecular flexibility index (Phi) is 9.24. The van der Waals surface area contributed by atoms with Gasteiger partial charge in [0.25, 0.3) is 5.91 Å². The smallest absolute Gasteiger partial charge is 0.254 e. The minimum atomic E-state index is -0.200. The summed E-state index contributed by atoms with van der Waals surface area (Å²) in [5.74, 6) is 2.40. The Bertz CT molecular complexity index is 1210. The summed E-state index contributed by atoms with van der Waals surface area (Å²) in [5, 5.41) is 0. The second-order valence-electron chi connectivity index (χ2n) is 8.73. The topological polar surface area (TPSA) is 81.5 Å². The molecular weight excluding hydrogens is 540 g/mol. The van der Waals surface area contributed by atoms with Gasteiger partial charge < -0.3 is 28.4 Å². The minimum absolute atomic E-state index is 0.0642. The van der Waals surface area contributed by atoms with Crippen LogP contribution in [0.15, 0.2) is 63.5 Å². The van der Waals surface area contributed by atoms with E-state index >= 15 is 0 Å². The summed E-state index contributed by atoms with van der Waals surface area (Å²) in [6.07, 6.45) is 0.628. The average molecular weight is 571 g/mol. The number of carbonyl (C=O) groups is 2. The van der Waals surface area contributed by atoms with Crippen LogP contribution in [0.1, 0.15) is 40.8 Å². The first-order valence-electron chi connectivity index (χ1n) is 12.3. The molecule has 1 aliphatic rings. The zero-order valence-electron chi connectivity index (χ0n) is 21.1. The van der Waals surface area contributed by atoms with Gasteiger partial charge in [-0.3, -0.25) is 9.59 Å². The number of hydrogen-bond donors (Lipinski definition) is 0. The van der Waals surface area contributed by atoms with E-state index in [2.05, 4.69) is 15.9 Å². The van der Waals surface area contributed by atoms with Crippen molar-refractivity contribution >= 4 is 27.7 Å². The van der Waals surface area contributed by atoms with Crippen molar-refractivity contribution in [3.8, 4) is 11.5 Å². The molecule has 196 valence electrons. The molecule has 0 N–H and O–H groups in total. The zero-order valence-corrected chi connectivity index (χ0v) is 22.7. The third-order valence-electron chi connectivity index (χ3n) is 5.93. The molecule has 2 amide bonds. The molecule has 37 heavy (non-hydrogen) atoms. The van der Waals surface area contributed by atoms with Crippen LogP contribution in [0.5, 0.6) is 11.5 Å². The monoisotopic (exact) mass is 570 g/mol. The first kappa shape index (κ1) is 26.8. The van der Waals surface area contributed by atoms with E-state index in [4.69, 9.17) is 18.6 Å². The molecule has 0 aliphatic carbocycles. The van der Waals surface area contributed by atoms with E-state index in [1.165, 1.54) is 0 Å². The van der Waals surface area contributed by atoms with E-state index in [1.807, 2.05) is 56.3 Å². The van der Waals surface area contributed by atoms with Crippen molar-refractivity contribution in [2.24, 2.45) is 0 Å². The fraction of sp³-hybridized carbons (Fsp3) is 0.357. The number of aryl methyl sites for hydroxylation is 1. The third kappa shape index (κ3) is 7.36. The maximum atomic E-state index is 13.7. The quantitative estimate of drug-likeness (QED) is 0.279. The van der Waals surface area contributed by atoms with Crippen molar-refractivity contribution in [2.75, 3.05) is 33.1 Å². The lowest BCUT2D eigenvalue weighted by molar-refractivity contribution is -0.133. The van der Waals surface area contributed by atoms with E-state index in [0.29, 0.717) is 55.5 Å². The standard InChI is InChI=1S/C28H31BrN2O6/c1-3-34-14-4-13-30(28(33)22-7-9-23(29)10-8-22)18-27(32)31(17-24-11-5-20(2)37-24)16-21-6-12-25-26(15-21)36-19-35-25/h5-12,15H,3-4,13-14,16-19H2,1-2H3. The average Bonchev–Trinajstić information content (AvgIpc) is 3.53. The predicted octanol–water partition coefficient (Wildman–Crippen LogP) is 5.18. The predicted molar refractivity (Wildman–Crippen MR) is 141 cm³/mol. The molecular formula is C28H31BrN2O6. The number of hydrogen-bond acceptors (Lipinski definition) is 6. The van der Waals surface area contributed by atoms with Gasteiger partial charge >= 0.3 is 0 Å². The van der Waals surface area contributed by atoms with Gasteiger partial charge in [-0.15, -0.1) is 0 Å². The summed E-state index contributed by atoms with van der Waals surface area (Å²) in [6.45, 7) is 6.04. The molecule has 4 rings (SSSR count). The van der Waals surface area contributed by atoms with Crippen LogP contribution >= 0.6 is 15.9 Å². The van der Waals surface area contributed by atoms with Crippen molar-refractivity contribution in [2.45, 2.75) is 33.4 Å². The van der Waals surface area contributed by atoms with Crippen molar-refractivity contribution in [3.63, 3.8) is 0 Å². The van der Waals surface area contributed by atoms with Gasteiger partial charge in [0, 0.05) is 36.3 Å². The fourth-order valence-electron chi connectivity index (χ4n) is 4.04. The van der Waals surface area contributed by atoms with E-state index in [-0.39, 0.29) is 31.7 Å². The highest BCUT2D eigenvalue weighted by molar-refractivity contribution is 9.10. The van der Waals surface area contributed by atoms with Gasteiger partial charge in [-0.25, -0.2) is 0 Å².